The van der Waals surface area contributed by atoms with E-state index in [1.54, 1.807) is 12.1 Å². The van der Waals surface area contributed by atoms with Crippen LogP contribution >= 0.6 is 0 Å². The molecular weight excluding hydrogens is 395 g/mol. The topological polar surface area (TPSA) is 50.8 Å². The van der Waals surface area contributed by atoms with Gasteiger partial charge in [0, 0.05) is 44.1 Å². The Kier molecular flexibility index (Phi) is 6.19. The van der Waals surface area contributed by atoms with E-state index in [-0.39, 0.29) is 17.8 Å². The van der Waals surface area contributed by atoms with Crippen LogP contribution in [-0.4, -0.2) is 36.6 Å². The van der Waals surface area contributed by atoms with Crippen LogP contribution < -0.4 is 14.8 Å². The van der Waals surface area contributed by atoms with Crippen LogP contribution in [0.1, 0.15) is 50.3 Å². The van der Waals surface area contributed by atoms with Crippen molar-refractivity contribution >= 4 is 5.91 Å². The monoisotopic (exact) mass is 426 g/mol. The van der Waals surface area contributed by atoms with E-state index < -0.39 is 5.54 Å². The average molecular weight is 427 g/mol. The third kappa shape index (κ3) is 4.69. The molecule has 2 aromatic carbocycles. The predicted octanol–water partition coefficient (Wildman–Crippen LogP) is 4.18. The first kappa shape index (κ1) is 21.6. The van der Waals surface area contributed by atoms with Gasteiger partial charge in [-0.25, -0.2) is 4.39 Å². The average Bonchev–Trinajstić information content (AvgIpc) is 3.09. The largest absolute Gasteiger partial charge is 0.494 e. The zero-order valence-corrected chi connectivity index (χ0v) is 18.5. The number of likely N-dealkylation sites (tertiary alicyclic amines) is 1. The quantitative estimate of drug-likeness (QED) is 0.753. The number of hydrogen-bond donors (Lipinski definition) is 1. The van der Waals surface area contributed by atoms with Crippen molar-refractivity contribution in [1.29, 1.82) is 0 Å². The summed E-state index contributed by atoms with van der Waals surface area (Å²) in [7, 11) is 0. The second-order valence-electron chi connectivity index (χ2n) is 8.68. The Hall–Kier alpha value is -2.60. The van der Waals surface area contributed by atoms with Gasteiger partial charge in [-0.3, -0.25) is 9.69 Å². The fourth-order valence-electron chi connectivity index (χ4n) is 4.82. The third-order valence-electron chi connectivity index (χ3n) is 6.29. The van der Waals surface area contributed by atoms with Crippen LogP contribution in [-0.2, 0) is 23.3 Å². The van der Waals surface area contributed by atoms with Crippen molar-refractivity contribution in [2.45, 2.75) is 58.2 Å². The normalized spacial score (nSPS) is 20.1. The van der Waals surface area contributed by atoms with Gasteiger partial charge in [0.25, 0.3) is 0 Å². The minimum atomic E-state index is -0.463. The molecule has 2 aliphatic heterocycles. The Morgan fingerprint density at radius 1 is 1.26 bits per heavy atom. The number of fused-ring (bicyclic) bond motifs is 1. The van der Waals surface area contributed by atoms with E-state index in [2.05, 4.69) is 29.3 Å². The first-order valence-electron chi connectivity index (χ1n) is 11.1. The van der Waals surface area contributed by atoms with E-state index >= 15 is 0 Å². The van der Waals surface area contributed by atoms with Gasteiger partial charge in [0.1, 0.15) is 23.4 Å². The van der Waals surface area contributed by atoms with E-state index in [1.165, 1.54) is 24.6 Å². The van der Waals surface area contributed by atoms with Gasteiger partial charge in [-0.1, -0.05) is 12.1 Å². The Balaban J connectivity index is 1.51. The highest BCUT2D eigenvalue weighted by atomic mass is 19.1. The summed E-state index contributed by atoms with van der Waals surface area (Å²) in [6, 6.07) is 10.7. The molecule has 0 radical (unpaired) electrons. The molecule has 0 spiro atoms. The number of piperidine rings is 1. The van der Waals surface area contributed by atoms with E-state index in [4.69, 9.17) is 9.47 Å². The van der Waals surface area contributed by atoms with E-state index in [9.17, 15) is 9.18 Å². The van der Waals surface area contributed by atoms with Gasteiger partial charge < -0.3 is 14.8 Å². The van der Waals surface area contributed by atoms with Crippen molar-refractivity contribution in [3.8, 4) is 11.5 Å². The van der Waals surface area contributed by atoms with Gasteiger partial charge >= 0.3 is 0 Å². The molecule has 4 rings (SSSR count). The molecule has 1 amide bonds. The molecule has 6 heteroatoms. The summed E-state index contributed by atoms with van der Waals surface area (Å²) in [5.41, 5.74) is 2.83. The number of halogens is 1. The Morgan fingerprint density at radius 2 is 1.97 bits per heavy atom. The summed E-state index contributed by atoms with van der Waals surface area (Å²) in [6.07, 6.45) is 2.64. The molecule has 1 N–H and O–H groups in total. The standard InChI is InChI=1S/C25H31FN2O3/c1-4-30-23-14-19-13-17(2)31-24(19)15-20(23)16-28-11-9-25(10-12-28,27-18(3)29)21-5-7-22(26)8-6-21/h5-8,14-15,17H,4,9-13,16H2,1-3H3,(H,27,29). The molecule has 0 bridgehead atoms. The number of benzene rings is 2. The lowest BCUT2D eigenvalue weighted by molar-refractivity contribution is -0.121. The van der Waals surface area contributed by atoms with Crippen molar-refractivity contribution in [3.05, 3.63) is 58.9 Å². The lowest BCUT2D eigenvalue weighted by Gasteiger charge is -2.43. The van der Waals surface area contributed by atoms with E-state index in [0.29, 0.717) is 6.61 Å². The number of carbonyl (C=O) groups is 1. The van der Waals surface area contributed by atoms with Gasteiger partial charge in [0.2, 0.25) is 5.91 Å². The summed E-state index contributed by atoms with van der Waals surface area (Å²) in [6.45, 7) is 8.65. The second kappa shape index (κ2) is 8.87. The molecule has 1 unspecified atom stereocenters. The maximum absolute atomic E-state index is 13.4. The van der Waals surface area contributed by atoms with Crippen LogP contribution in [0.3, 0.4) is 0 Å². The maximum atomic E-state index is 13.4. The number of nitrogens with one attached hydrogen (secondary N) is 1. The number of ether oxygens (including phenoxy) is 2. The molecule has 1 fully saturated rings. The Morgan fingerprint density at radius 3 is 2.61 bits per heavy atom. The minimum absolute atomic E-state index is 0.0682. The van der Waals surface area contributed by atoms with Crippen LogP contribution in [0, 0.1) is 5.82 Å². The van der Waals surface area contributed by atoms with Gasteiger partial charge in [0.05, 0.1) is 12.1 Å². The van der Waals surface area contributed by atoms with Crippen LogP contribution in [0.4, 0.5) is 4.39 Å². The molecule has 1 saturated heterocycles. The third-order valence-corrected chi connectivity index (χ3v) is 6.29. The summed E-state index contributed by atoms with van der Waals surface area (Å²) in [5.74, 6) is 1.55. The summed E-state index contributed by atoms with van der Waals surface area (Å²) in [4.78, 5) is 14.3. The molecule has 0 aliphatic carbocycles. The summed E-state index contributed by atoms with van der Waals surface area (Å²) >= 11 is 0. The van der Waals surface area contributed by atoms with Gasteiger partial charge in [-0.15, -0.1) is 0 Å². The number of hydrogen-bond acceptors (Lipinski definition) is 4. The molecule has 1 atom stereocenters. The molecule has 0 saturated carbocycles. The highest BCUT2D eigenvalue weighted by Crippen LogP contribution is 2.38. The Bertz CT molecular complexity index is 937. The van der Waals surface area contributed by atoms with Crippen LogP contribution in [0.25, 0.3) is 0 Å². The van der Waals surface area contributed by atoms with E-state index in [1.807, 2.05) is 6.92 Å². The first-order valence-corrected chi connectivity index (χ1v) is 11.1. The van der Waals surface area contributed by atoms with Crippen molar-refractivity contribution in [2.24, 2.45) is 0 Å². The number of amides is 1. The zero-order chi connectivity index (χ0) is 22.0. The highest BCUT2D eigenvalue weighted by Gasteiger charge is 2.37. The molecule has 5 nitrogen and oxygen atoms in total. The molecule has 2 heterocycles. The molecule has 0 aromatic heterocycles. The van der Waals surface area contributed by atoms with E-state index in [0.717, 1.165) is 61.5 Å². The number of carbonyl (C=O) groups excluding carboxylic acids is 1. The van der Waals surface area contributed by atoms with Crippen LogP contribution in [0.5, 0.6) is 11.5 Å². The molecular formula is C25H31FN2O3. The maximum Gasteiger partial charge on any atom is 0.217 e. The van der Waals surface area contributed by atoms with Gasteiger partial charge in [-0.2, -0.15) is 0 Å². The fourth-order valence-corrected chi connectivity index (χ4v) is 4.82. The zero-order valence-electron chi connectivity index (χ0n) is 18.5. The number of rotatable bonds is 6. The van der Waals surface area contributed by atoms with Crippen molar-refractivity contribution in [3.63, 3.8) is 0 Å². The fraction of sp³-hybridized carbons (Fsp3) is 0.480. The lowest BCUT2D eigenvalue weighted by atomic mass is 9.80. The number of nitrogens with zero attached hydrogens (tertiary/aromatic N) is 1. The molecule has 2 aromatic rings. The molecule has 166 valence electrons. The van der Waals surface area contributed by atoms with Gasteiger partial charge in [0.15, 0.2) is 0 Å². The summed E-state index contributed by atoms with van der Waals surface area (Å²) in [5, 5.41) is 3.15. The van der Waals surface area contributed by atoms with Crippen molar-refractivity contribution < 1.29 is 18.7 Å². The first-order chi connectivity index (χ1) is 14.9. The van der Waals surface area contributed by atoms with Crippen molar-refractivity contribution in [1.82, 2.24) is 10.2 Å². The smallest absolute Gasteiger partial charge is 0.217 e. The molecule has 31 heavy (non-hydrogen) atoms. The SMILES string of the molecule is CCOc1cc2c(cc1CN1CCC(NC(C)=O)(c3ccc(F)cc3)CC1)OC(C)C2. The van der Waals surface area contributed by atoms with Crippen LogP contribution in [0.2, 0.25) is 0 Å². The second-order valence-corrected chi connectivity index (χ2v) is 8.68. The summed E-state index contributed by atoms with van der Waals surface area (Å²) < 4.78 is 25.3. The van der Waals surface area contributed by atoms with Crippen molar-refractivity contribution in [2.75, 3.05) is 19.7 Å². The minimum Gasteiger partial charge on any atom is -0.494 e. The molecule has 2 aliphatic rings. The van der Waals surface area contributed by atoms with Crippen LogP contribution in [0.15, 0.2) is 36.4 Å². The highest BCUT2D eigenvalue weighted by molar-refractivity contribution is 5.74. The predicted molar refractivity (Wildman–Crippen MR) is 118 cm³/mol. The Labute approximate surface area is 183 Å². The lowest BCUT2D eigenvalue weighted by Crippen LogP contribution is -2.52. The van der Waals surface area contributed by atoms with Gasteiger partial charge in [-0.05, 0) is 56.5 Å².